The fraction of sp³-hybridized carbons (Fsp3) is 0. The first kappa shape index (κ1) is 11.1. The van der Waals surface area contributed by atoms with Gasteiger partial charge in [0, 0.05) is 16.0 Å². The maximum absolute atomic E-state index is 12.9. The molecule has 2 aromatic rings. The van der Waals surface area contributed by atoms with Gasteiger partial charge in [0.1, 0.15) is 5.82 Å². The van der Waals surface area contributed by atoms with Gasteiger partial charge in [-0.1, -0.05) is 9.59 Å². The Balaban J connectivity index is 2.24. The van der Waals surface area contributed by atoms with Crippen molar-refractivity contribution in [1.82, 2.24) is 14.8 Å². The van der Waals surface area contributed by atoms with Crippen molar-refractivity contribution >= 4 is 38.5 Å². The molecule has 1 N–H and O–H groups in total. The lowest BCUT2D eigenvalue weighted by atomic mass is 10.2. The topological polar surface area (TPSA) is 67.8 Å². The molecule has 2 rings (SSSR count). The zero-order valence-corrected chi connectivity index (χ0v) is 10.0. The second-order valence-electron chi connectivity index (χ2n) is 2.75. The first-order chi connectivity index (χ1) is 7.66. The Hall–Kier alpha value is -1.41. The zero-order chi connectivity index (χ0) is 11.5. The number of rotatable bonds is 2. The smallest absolute Gasteiger partial charge is 0.258 e. The van der Waals surface area contributed by atoms with E-state index in [-0.39, 0.29) is 10.7 Å². The van der Waals surface area contributed by atoms with E-state index in [2.05, 4.69) is 36.0 Å². The maximum Gasteiger partial charge on any atom is 0.258 e. The Morgan fingerprint density at radius 3 is 3.00 bits per heavy atom. The third-order valence-corrected chi connectivity index (χ3v) is 2.90. The van der Waals surface area contributed by atoms with Crippen LogP contribution in [0.2, 0.25) is 0 Å². The Labute approximate surface area is 102 Å². The van der Waals surface area contributed by atoms with Crippen LogP contribution < -0.4 is 5.32 Å². The van der Waals surface area contributed by atoms with Crippen molar-refractivity contribution in [1.29, 1.82) is 0 Å². The highest BCUT2D eigenvalue weighted by Gasteiger charge is 2.12. The number of amides is 1. The number of halogens is 2. The molecule has 0 bridgehead atoms. The van der Waals surface area contributed by atoms with Gasteiger partial charge in [0.2, 0.25) is 5.13 Å². The average Bonchev–Trinajstić information content (AvgIpc) is 2.74. The molecule has 16 heavy (non-hydrogen) atoms. The predicted molar refractivity (Wildman–Crippen MR) is 59.8 cm³/mol. The second kappa shape index (κ2) is 4.62. The van der Waals surface area contributed by atoms with E-state index in [4.69, 9.17) is 0 Å². The van der Waals surface area contributed by atoms with Crippen LogP contribution in [0.4, 0.5) is 9.52 Å². The molecule has 1 amide bonds. The molecular formula is C8H4BrFN4OS. The van der Waals surface area contributed by atoms with Crippen LogP contribution >= 0.6 is 27.5 Å². The van der Waals surface area contributed by atoms with Gasteiger partial charge in [-0.05, 0) is 39.3 Å². The summed E-state index contributed by atoms with van der Waals surface area (Å²) in [5.74, 6) is -0.950. The van der Waals surface area contributed by atoms with Crippen LogP contribution in [0.3, 0.4) is 0 Å². The minimum absolute atomic E-state index is 0.190. The maximum atomic E-state index is 12.9. The van der Waals surface area contributed by atoms with E-state index in [1.54, 1.807) is 0 Å². The molecule has 0 atom stereocenters. The number of nitrogens with one attached hydrogen (secondary N) is 1. The highest BCUT2D eigenvalue weighted by molar-refractivity contribution is 9.10. The first-order valence-corrected chi connectivity index (χ1v) is 5.65. The molecule has 0 fully saturated rings. The summed E-state index contributed by atoms with van der Waals surface area (Å²) in [4.78, 5) is 11.7. The van der Waals surface area contributed by atoms with Crippen molar-refractivity contribution in [2.75, 3.05) is 5.32 Å². The molecule has 1 aromatic carbocycles. The number of hydrogen-bond donors (Lipinski definition) is 1. The monoisotopic (exact) mass is 302 g/mol. The molecule has 1 heterocycles. The van der Waals surface area contributed by atoms with Crippen LogP contribution in [0.25, 0.3) is 0 Å². The fourth-order valence-electron chi connectivity index (χ4n) is 1.02. The van der Waals surface area contributed by atoms with Crippen LogP contribution in [0.15, 0.2) is 22.7 Å². The van der Waals surface area contributed by atoms with Gasteiger partial charge in [0.15, 0.2) is 0 Å². The minimum Gasteiger partial charge on any atom is -0.295 e. The van der Waals surface area contributed by atoms with E-state index >= 15 is 0 Å². The molecule has 0 aliphatic carbocycles. The van der Waals surface area contributed by atoms with Crippen molar-refractivity contribution in [2.24, 2.45) is 0 Å². The van der Waals surface area contributed by atoms with Gasteiger partial charge < -0.3 is 0 Å². The number of anilines is 1. The number of carbonyl (C=O) groups is 1. The molecule has 0 unspecified atom stereocenters. The summed E-state index contributed by atoms with van der Waals surface area (Å²) >= 11 is 4.10. The van der Waals surface area contributed by atoms with E-state index in [0.717, 1.165) is 17.6 Å². The molecule has 82 valence electrons. The van der Waals surface area contributed by atoms with Gasteiger partial charge in [0.05, 0.1) is 5.56 Å². The van der Waals surface area contributed by atoms with E-state index in [1.165, 1.54) is 12.1 Å². The lowest BCUT2D eigenvalue weighted by molar-refractivity contribution is 0.102. The largest absolute Gasteiger partial charge is 0.295 e. The molecule has 0 aliphatic heterocycles. The Morgan fingerprint density at radius 2 is 2.31 bits per heavy atom. The van der Waals surface area contributed by atoms with E-state index < -0.39 is 11.7 Å². The summed E-state index contributed by atoms with van der Waals surface area (Å²) in [7, 11) is 0. The predicted octanol–water partition coefficient (Wildman–Crippen LogP) is 2.09. The Bertz CT molecular complexity index is 519. The third kappa shape index (κ3) is 2.39. The normalized spacial score (nSPS) is 10.1. The third-order valence-electron chi connectivity index (χ3n) is 1.69. The van der Waals surface area contributed by atoms with Gasteiger partial charge >= 0.3 is 0 Å². The number of nitrogens with zero attached hydrogens (tertiary/aromatic N) is 3. The van der Waals surface area contributed by atoms with Gasteiger partial charge in [-0.3, -0.25) is 10.1 Å². The van der Waals surface area contributed by atoms with Crippen molar-refractivity contribution in [3.8, 4) is 0 Å². The van der Waals surface area contributed by atoms with Crippen molar-refractivity contribution < 1.29 is 9.18 Å². The Kier molecular flexibility index (Phi) is 3.20. The van der Waals surface area contributed by atoms with E-state index in [1.807, 2.05) is 0 Å². The number of carbonyl (C=O) groups excluding carboxylic acids is 1. The average molecular weight is 303 g/mol. The highest BCUT2D eigenvalue weighted by atomic mass is 79.9. The molecule has 0 aliphatic rings. The molecule has 5 nitrogen and oxygen atoms in total. The second-order valence-corrected chi connectivity index (χ2v) is 4.33. The lowest BCUT2D eigenvalue weighted by Gasteiger charge is -2.03. The summed E-state index contributed by atoms with van der Waals surface area (Å²) in [6, 6.07) is 3.85. The van der Waals surface area contributed by atoms with Crippen molar-refractivity contribution in [3.63, 3.8) is 0 Å². The lowest BCUT2D eigenvalue weighted by Crippen LogP contribution is -2.12. The van der Waals surface area contributed by atoms with Crippen molar-refractivity contribution in [2.45, 2.75) is 0 Å². The van der Waals surface area contributed by atoms with Gasteiger partial charge in [-0.25, -0.2) is 4.39 Å². The molecule has 0 saturated heterocycles. The van der Waals surface area contributed by atoms with E-state index in [0.29, 0.717) is 4.47 Å². The van der Waals surface area contributed by atoms with Crippen LogP contribution in [0.5, 0.6) is 0 Å². The fourth-order valence-corrected chi connectivity index (χ4v) is 1.81. The number of benzene rings is 1. The first-order valence-electron chi connectivity index (χ1n) is 4.08. The van der Waals surface area contributed by atoms with E-state index in [9.17, 15) is 9.18 Å². The highest BCUT2D eigenvalue weighted by Crippen LogP contribution is 2.19. The van der Waals surface area contributed by atoms with Crippen LogP contribution in [0, 0.1) is 5.82 Å². The van der Waals surface area contributed by atoms with Crippen LogP contribution in [-0.2, 0) is 0 Å². The molecule has 0 saturated carbocycles. The summed E-state index contributed by atoms with van der Waals surface area (Å²) in [6.07, 6.45) is 0. The SMILES string of the molecule is O=C(Nc1nnns1)c1cc(F)ccc1Br. The summed E-state index contributed by atoms with van der Waals surface area (Å²) < 4.78 is 16.9. The molecule has 0 spiro atoms. The summed E-state index contributed by atoms with van der Waals surface area (Å²) in [5, 5.41) is 9.60. The molecular weight excluding hydrogens is 299 g/mol. The summed E-state index contributed by atoms with van der Waals surface area (Å²) in [5.41, 5.74) is 0.190. The standard InChI is InChI=1S/C8H4BrFN4OS/c9-6-2-1-4(10)3-5(6)7(15)11-8-12-13-14-16-8/h1-3H,(H,11,12,14,15). The minimum atomic E-state index is -0.483. The number of hydrogen-bond acceptors (Lipinski definition) is 5. The zero-order valence-electron chi connectivity index (χ0n) is 7.65. The molecule has 0 radical (unpaired) electrons. The van der Waals surface area contributed by atoms with Gasteiger partial charge in [0.25, 0.3) is 5.91 Å². The van der Waals surface area contributed by atoms with Gasteiger partial charge in [-0.2, -0.15) is 0 Å². The molecule has 8 heteroatoms. The number of aromatic nitrogens is 3. The van der Waals surface area contributed by atoms with Crippen LogP contribution in [-0.4, -0.2) is 20.7 Å². The summed E-state index contributed by atoms with van der Waals surface area (Å²) in [6.45, 7) is 0. The molecule has 1 aromatic heterocycles. The quantitative estimate of drug-likeness (QED) is 0.922. The van der Waals surface area contributed by atoms with Crippen LogP contribution in [0.1, 0.15) is 10.4 Å². The van der Waals surface area contributed by atoms with Crippen molar-refractivity contribution in [3.05, 3.63) is 34.1 Å². The van der Waals surface area contributed by atoms with Gasteiger partial charge in [-0.15, -0.1) is 0 Å². The Morgan fingerprint density at radius 1 is 1.50 bits per heavy atom.